The third-order valence-electron chi connectivity index (χ3n) is 11.6. The third kappa shape index (κ3) is 5.19. The van der Waals surface area contributed by atoms with Gasteiger partial charge in [0.05, 0.1) is 27.1 Å². The predicted octanol–water partition coefficient (Wildman–Crippen LogP) is 14.9. The highest BCUT2D eigenvalue weighted by molar-refractivity contribution is 7.27. The first-order valence-electron chi connectivity index (χ1n) is 19.7. The standard InChI is InChI=1S/C54H33N3S/c1-2-15-35(16-3-1)46-33-47(39-29-28-34-14-4-5-17-36(34)30-39)56-54(55-46)40-20-12-18-37(31-40)38-19-13-21-41(32-38)57-48-26-10-8-24-44(48)50-42-22-6-7-23-43(42)51-45-25-9-11-27-49(45)58-53(51)52(50)57/h1-33H. The zero-order chi connectivity index (χ0) is 38.2. The number of para-hydroxylation sites is 1. The number of nitrogens with zero attached hydrogens (tertiary/aromatic N) is 3. The summed E-state index contributed by atoms with van der Waals surface area (Å²) in [6, 6.07) is 71.8. The van der Waals surface area contributed by atoms with E-state index in [1.165, 1.54) is 63.5 Å². The number of thiophene rings is 1. The van der Waals surface area contributed by atoms with Crippen molar-refractivity contribution in [2.75, 3.05) is 0 Å². The minimum Gasteiger partial charge on any atom is -0.308 e. The smallest absolute Gasteiger partial charge is 0.160 e. The summed E-state index contributed by atoms with van der Waals surface area (Å²) in [7, 11) is 0. The van der Waals surface area contributed by atoms with Gasteiger partial charge < -0.3 is 4.57 Å². The third-order valence-corrected chi connectivity index (χ3v) is 12.7. The molecule has 0 aliphatic carbocycles. The van der Waals surface area contributed by atoms with E-state index in [1.807, 2.05) is 17.4 Å². The summed E-state index contributed by atoms with van der Waals surface area (Å²) < 4.78 is 5.11. The zero-order valence-corrected chi connectivity index (χ0v) is 32.1. The van der Waals surface area contributed by atoms with Crippen molar-refractivity contribution >= 4 is 74.9 Å². The minimum absolute atomic E-state index is 0.698. The van der Waals surface area contributed by atoms with Crippen molar-refractivity contribution in [2.45, 2.75) is 0 Å². The lowest BCUT2D eigenvalue weighted by atomic mass is 9.99. The zero-order valence-electron chi connectivity index (χ0n) is 31.3. The van der Waals surface area contributed by atoms with Gasteiger partial charge in [-0.15, -0.1) is 11.3 Å². The molecule has 0 spiro atoms. The van der Waals surface area contributed by atoms with Crippen LogP contribution >= 0.6 is 11.3 Å². The average molecular weight is 756 g/mol. The summed E-state index contributed by atoms with van der Waals surface area (Å²) in [6.45, 7) is 0. The van der Waals surface area contributed by atoms with Crippen LogP contribution in [0.4, 0.5) is 0 Å². The van der Waals surface area contributed by atoms with Crippen molar-refractivity contribution in [1.29, 1.82) is 0 Å². The molecule has 0 fully saturated rings. The van der Waals surface area contributed by atoms with Crippen LogP contribution in [0.1, 0.15) is 0 Å². The summed E-state index contributed by atoms with van der Waals surface area (Å²) in [5.41, 5.74) is 10.7. The van der Waals surface area contributed by atoms with Crippen molar-refractivity contribution in [3.63, 3.8) is 0 Å². The van der Waals surface area contributed by atoms with E-state index in [9.17, 15) is 0 Å². The molecule has 0 saturated carbocycles. The molecule has 4 heteroatoms. The Labute approximate surface area is 338 Å². The highest BCUT2D eigenvalue weighted by atomic mass is 32.1. The number of fused-ring (bicyclic) bond motifs is 11. The molecule has 0 bridgehead atoms. The summed E-state index contributed by atoms with van der Waals surface area (Å²) in [5.74, 6) is 0.698. The Morgan fingerprint density at radius 1 is 0.379 bits per heavy atom. The highest BCUT2D eigenvalue weighted by Gasteiger charge is 2.22. The van der Waals surface area contributed by atoms with Crippen LogP contribution in [-0.2, 0) is 0 Å². The molecule has 0 aliphatic rings. The lowest BCUT2D eigenvalue weighted by Crippen LogP contribution is -1.97. The van der Waals surface area contributed by atoms with Crippen LogP contribution in [0.2, 0.25) is 0 Å². The summed E-state index contributed by atoms with van der Waals surface area (Å²) >= 11 is 1.89. The Bertz CT molecular complexity index is 3580. The maximum atomic E-state index is 5.23. The van der Waals surface area contributed by atoms with Gasteiger partial charge in [0, 0.05) is 48.6 Å². The van der Waals surface area contributed by atoms with Gasteiger partial charge in [-0.1, -0.05) is 158 Å². The van der Waals surface area contributed by atoms with Gasteiger partial charge in [0.25, 0.3) is 0 Å². The lowest BCUT2D eigenvalue weighted by Gasteiger charge is -2.13. The van der Waals surface area contributed by atoms with Gasteiger partial charge in [0.15, 0.2) is 5.82 Å². The first-order chi connectivity index (χ1) is 28.7. The Balaban J connectivity index is 1.04. The second-order valence-electron chi connectivity index (χ2n) is 14.9. The predicted molar refractivity (Wildman–Crippen MR) is 246 cm³/mol. The second kappa shape index (κ2) is 13.1. The van der Waals surface area contributed by atoms with Crippen LogP contribution in [0.15, 0.2) is 200 Å². The Morgan fingerprint density at radius 2 is 1.00 bits per heavy atom. The van der Waals surface area contributed by atoms with Crippen molar-refractivity contribution in [2.24, 2.45) is 0 Å². The Morgan fingerprint density at radius 3 is 1.84 bits per heavy atom. The molecule has 3 heterocycles. The molecule has 0 amide bonds. The molecule has 0 atom stereocenters. The van der Waals surface area contributed by atoms with E-state index in [2.05, 4.69) is 199 Å². The molecule has 0 saturated heterocycles. The molecule has 9 aromatic carbocycles. The minimum atomic E-state index is 0.698. The molecule has 270 valence electrons. The maximum Gasteiger partial charge on any atom is 0.160 e. The number of benzene rings is 9. The van der Waals surface area contributed by atoms with E-state index in [-0.39, 0.29) is 0 Å². The largest absolute Gasteiger partial charge is 0.308 e. The number of aromatic nitrogens is 3. The molecule has 0 unspecified atom stereocenters. The second-order valence-corrected chi connectivity index (χ2v) is 16.0. The SMILES string of the molecule is c1ccc(-c2cc(-c3ccc4ccccc4c3)nc(-c3cccc(-c4cccc(-n5c6ccccc6c6c7ccccc7c7c8ccccc8sc7c65)c4)c3)n2)cc1. The molecular weight excluding hydrogens is 723 g/mol. The van der Waals surface area contributed by atoms with Gasteiger partial charge in [0.1, 0.15) is 0 Å². The fraction of sp³-hybridized carbons (Fsp3) is 0. The first kappa shape index (κ1) is 32.8. The Hall–Kier alpha value is -7.40. The van der Waals surface area contributed by atoms with E-state index < -0.39 is 0 Å². The van der Waals surface area contributed by atoms with Crippen LogP contribution in [0, 0.1) is 0 Å². The van der Waals surface area contributed by atoms with Gasteiger partial charge in [-0.25, -0.2) is 9.97 Å². The van der Waals surface area contributed by atoms with Crippen LogP contribution < -0.4 is 0 Å². The van der Waals surface area contributed by atoms with Crippen LogP contribution in [0.5, 0.6) is 0 Å². The molecule has 0 aliphatic heterocycles. The van der Waals surface area contributed by atoms with Gasteiger partial charge in [-0.05, 0) is 75.1 Å². The quantitative estimate of drug-likeness (QED) is 0.175. The molecule has 0 N–H and O–H groups in total. The highest BCUT2D eigenvalue weighted by Crippen LogP contribution is 2.48. The van der Waals surface area contributed by atoms with Crippen molar-refractivity contribution in [3.8, 4) is 50.7 Å². The first-order valence-corrected chi connectivity index (χ1v) is 20.5. The van der Waals surface area contributed by atoms with Gasteiger partial charge in [0.2, 0.25) is 0 Å². The van der Waals surface area contributed by atoms with Gasteiger partial charge in [-0.3, -0.25) is 0 Å². The van der Waals surface area contributed by atoms with E-state index in [1.54, 1.807) is 0 Å². The topological polar surface area (TPSA) is 30.7 Å². The fourth-order valence-corrected chi connectivity index (χ4v) is 10.1. The van der Waals surface area contributed by atoms with E-state index >= 15 is 0 Å². The fourth-order valence-electron chi connectivity index (χ4n) is 8.89. The molecular formula is C54H33N3S. The molecule has 0 radical (unpaired) electrons. The van der Waals surface area contributed by atoms with Gasteiger partial charge in [-0.2, -0.15) is 0 Å². The lowest BCUT2D eigenvalue weighted by molar-refractivity contribution is 1.18. The van der Waals surface area contributed by atoms with Crippen LogP contribution in [0.3, 0.4) is 0 Å². The normalized spacial score (nSPS) is 11.8. The van der Waals surface area contributed by atoms with Crippen molar-refractivity contribution in [3.05, 3.63) is 200 Å². The van der Waals surface area contributed by atoms with Crippen LogP contribution in [0.25, 0.3) is 114 Å². The number of rotatable bonds is 5. The molecule has 58 heavy (non-hydrogen) atoms. The monoisotopic (exact) mass is 755 g/mol. The number of hydrogen-bond donors (Lipinski definition) is 0. The van der Waals surface area contributed by atoms with E-state index in [4.69, 9.17) is 9.97 Å². The van der Waals surface area contributed by atoms with Crippen molar-refractivity contribution < 1.29 is 0 Å². The summed E-state index contributed by atoms with van der Waals surface area (Å²) in [4.78, 5) is 10.4. The van der Waals surface area contributed by atoms with Crippen LogP contribution in [-0.4, -0.2) is 14.5 Å². The van der Waals surface area contributed by atoms with E-state index in [0.717, 1.165) is 44.9 Å². The molecule has 12 aromatic rings. The molecule has 3 nitrogen and oxygen atoms in total. The Kier molecular flexibility index (Phi) is 7.40. The number of hydrogen-bond acceptors (Lipinski definition) is 3. The van der Waals surface area contributed by atoms with Crippen molar-refractivity contribution in [1.82, 2.24) is 14.5 Å². The van der Waals surface area contributed by atoms with E-state index in [0.29, 0.717) is 5.82 Å². The maximum absolute atomic E-state index is 5.23. The van der Waals surface area contributed by atoms with Gasteiger partial charge >= 0.3 is 0 Å². The summed E-state index contributed by atoms with van der Waals surface area (Å²) in [5, 5.41) is 10.2. The average Bonchev–Trinajstić information content (AvgIpc) is 3.86. The summed E-state index contributed by atoms with van der Waals surface area (Å²) in [6.07, 6.45) is 0. The molecule has 12 rings (SSSR count). The molecule has 3 aromatic heterocycles.